The Kier molecular flexibility index (Phi) is 4.37. The van der Waals surface area contributed by atoms with E-state index in [1.165, 1.54) is 0 Å². The molecule has 0 aromatic carbocycles. The lowest BCUT2D eigenvalue weighted by molar-refractivity contribution is 0.326. The first kappa shape index (κ1) is 12.0. The first-order chi connectivity index (χ1) is 6.53. The van der Waals surface area contributed by atoms with E-state index in [2.05, 4.69) is 4.18 Å². The summed E-state index contributed by atoms with van der Waals surface area (Å²) in [6.45, 7) is 0.184. The smallest absolute Gasteiger partial charge is 0.264 e. The molecule has 0 aliphatic rings. The van der Waals surface area contributed by atoms with Gasteiger partial charge in [-0.15, -0.1) is 22.9 Å². The summed E-state index contributed by atoms with van der Waals surface area (Å²) in [6, 6.07) is 1.94. The van der Waals surface area contributed by atoms with Gasteiger partial charge in [-0.2, -0.15) is 8.42 Å². The van der Waals surface area contributed by atoms with Crippen molar-refractivity contribution in [3.05, 3.63) is 21.9 Å². The number of halogens is 1. The second kappa shape index (κ2) is 5.11. The Morgan fingerprint density at radius 2 is 2.29 bits per heavy atom. The van der Waals surface area contributed by atoms with Crippen LogP contribution in [0.2, 0.25) is 0 Å². The maximum absolute atomic E-state index is 10.7. The minimum absolute atomic E-state index is 0.184. The van der Waals surface area contributed by atoms with Crippen LogP contribution in [0.25, 0.3) is 0 Å². The van der Waals surface area contributed by atoms with Gasteiger partial charge in [-0.25, -0.2) is 0 Å². The van der Waals surface area contributed by atoms with Crippen LogP contribution in [0.3, 0.4) is 0 Å². The molecular formula is C8H11ClO3S2. The Labute approximate surface area is 92.8 Å². The van der Waals surface area contributed by atoms with Crippen molar-refractivity contribution in [3.63, 3.8) is 0 Å². The van der Waals surface area contributed by atoms with Gasteiger partial charge in [0.2, 0.25) is 0 Å². The lowest BCUT2D eigenvalue weighted by Gasteiger charge is -2.01. The van der Waals surface area contributed by atoms with Crippen LogP contribution in [0.4, 0.5) is 0 Å². The Hall–Kier alpha value is -0.100. The molecule has 0 unspecified atom stereocenters. The molecule has 0 aliphatic carbocycles. The summed E-state index contributed by atoms with van der Waals surface area (Å²) < 4.78 is 26.0. The highest BCUT2D eigenvalue weighted by Crippen LogP contribution is 2.19. The minimum Gasteiger partial charge on any atom is -0.270 e. The van der Waals surface area contributed by atoms with E-state index in [1.54, 1.807) is 11.3 Å². The molecule has 0 saturated carbocycles. The normalized spacial score (nSPS) is 11.9. The Morgan fingerprint density at radius 3 is 2.86 bits per heavy atom. The zero-order valence-corrected chi connectivity index (χ0v) is 10.1. The third-order valence-electron chi connectivity index (χ3n) is 1.61. The van der Waals surface area contributed by atoms with Gasteiger partial charge in [-0.1, -0.05) is 0 Å². The SMILES string of the molecule is CS(=O)(=O)OCCc1sccc1CCl. The largest absolute Gasteiger partial charge is 0.270 e. The predicted octanol–water partition coefficient (Wildman–Crippen LogP) is 2.01. The van der Waals surface area contributed by atoms with Gasteiger partial charge in [0.1, 0.15) is 0 Å². The molecule has 1 heterocycles. The van der Waals surface area contributed by atoms with Gasteiger partial charge in [0.05, 0.1) is 12.9 Å². The van der Waals surface area contributed by atoms with Crippen LogP contribution < -0.4 is 0 Å². The number of rotatable bonds is 5. The zero-order valence-electron chi connectivity index (χ0n) is 7.70. The van der Waals surface area contributed by atoms with E-state index in [4.69, 9.17) is 11.6 Å². The molecule has 1 rings (SSSR count). The van der Waals surface area contributed by atoms with Crippen LogP contribution in [0.5, 0.6) is 0 Å². The summed E-state index contributed by atoms with van der Waals surface area (Å²) in [6.07, 6.45) is 1.64. The van der Waals surface area contributed by atoms with Crippen LogP contribution in [0, 0.1) is 0 Å². The number of hydrogen-bond donors (Lipinski definition) is 0. The fourth-order valence-electron chi connectivity index (χ4n) is 0.991. The molecule has 0 saturated heterocycles. The summed E-state index contributed by atoms with van der Waals surface area (Å²) in [5.74, 6) is 0.456. The lowest BCUT2D eigenvalue weighted by atomic mass is 10.2. The summed E-state index contributed by atoms with van der Waals surface area (Å²) >= 11 is 7.26. The van der Waals surface area contributed by atoms with Crippen LogP contribution in [-0.2, 0) is 26.6 Å². The second-order valence-electron chi connectivity index (χ2n) is 2.78. The van der Waals surface area contributed by atoms with Crippen molar-refractivity contribution in [2.45, 2.75) is 12.3 Å². The van der Waals surface area contributed by atoms with Crippen molar-refractivity contribution in [2.24, 2.45) is 0 Å². The highest BCUT2D eigenvalue weighted by atomic mass is 35.5. The van der Waals surface area contributed by atoms with Crippen molar-refractivity contribution < 1.29 is 12.6 Å². The Morgan fingerprint density at radius 1 is 1.57 bits per heavy atom. The van der Waals surface area contributed by atoms with E-state index in [0.29, 0.717) is 12.3 Å². The molecule has 0 atom stereocenters. The van der Waals surface area contributed by atoms with E-state index >= 15 is 0 Å². The zero-order chi connectivity index (χ0) is 10.6. The van der Waals surface area contributed by atoms with Crippen LogP contribution in [-0.4, -0.2) is 21.3 Å². The van der Waals surface area contributed by atoms with Crippen LogP contribution in [0.1, 0.15) is 10.4 Å². The molecule has 0 radical (unpaired) electrons. The summed E-state index contributed by atoms with van der Waals surface area (Å²) in [7, 11) is -3.33. The fourth-order valence-corrected chi connectivity index (χ4v) is 2.60. The molecule has 1 aromatic heterocycles. The predicted molar refractivity (Wildman–Crippen MR) is 58.4 cm³/mol. The molecule has 0 aliphatic heterocycles. The van der Waals surface area contributed by atoms with Crippen molar-refractivity contribution in [2.75, 3.05) is 12.9 Å². The third-order valence-corrected chi connectivity index (χ3v) is 3.51. The summed E-state index contributed by atoms with van der Waals surface area (Å²) in [5.41, 5.74) is 1.05. The maximum Gasteiger partial charge on any atom is 0.264 e. The van der Waals surface area contributed by atoms with Crippen molar-refractivity contribution in [1.29, 1.82) is 0 Å². The van der Waals surface area contributed by atoms with E-state index in [-0.39, 0.29) is 6.61 Å². The van der Waals surface area contributed by atoms with Gasteiger partial charge in [-0.3, -0.25) is 4.18 Å². The Bertz CT molecular complexity index is 383. The molecule has 1 aromatic rings. The van der Waals surface area contributed by atoms with Crippen LogP contribution >= 0.6 is 22.9 Å². The highest BCUT2D eigenvalue weighted by molar-refractivity contribution is 7.85. The molecule has 0 bridgehead atoms. The van der Waals surface area contributed by atoms with E-state index in [9.17, 15) is 8.42 Å². The first-order valence-electron chi connectivity index (χ1n) is 3.98. The third kappa shape index (κ3) is 3.96. The van der Waals surface area contributed by atoms with Gasteiger partial charge in [0.15, 0.2) is 0 Å². The number of alkyl halides is 1. The van der Waals surface area contributed by atoms with Crippen LogP contribution in [0.15, 0.2) is 11.4 Å². The molecule has 14 heavy (non-hydrogen) atoms. The molecule has 0 spiro atoms. The molecule has 6 heteroatoms. The van der Waals surface area contributed by atoms with Gasteiger partial charge in [-0.05, 0) is 17.0 Å². The second-order valence-corrected chi connectivity index (χ2v) is 5.69. The monoisotopic (exact) mass is 254 g/mol. The minimum atomic E-state index is -3.33. The first-order valence-corrected chi connectivity index (χ1v) is 7.21. The van der Waals surface area contributed by atoms with Gasteiger partial charge in [0, 0.05) is 17.2 Å². The fraction of sp³-hybridized carbons (Fsp3) is 0.500. The molecular weight excluding hydrogens is 244 g/mol. The average molecular weight is 255 g/mol. The molecule has 0 N–H and O–H groups in total. The standard InChI is InChI=1S/C8H11ClO3S2/c1-14(10,11)12-4-2-8-7(6-9)3-5-13-8/h3,5H,2,4,6H2,1H3. The average Bonchev–Trinajstić information content (AvgIpc) is 2.49. The summed E-state index contributed by atoms with van der Waals surface area (Å²) in [5, 5.41) is 1.94. The molecule has 3 nitrogen and oxygen atoms in total. The summed E-state index contributed by atoms with van der Waals surface area (Å²) in [4.78, 5) is 1.09. The van der Waals surface area contributed by atoms with Gasteiger partial charge >= 0.3 is 0 Å². The molecule has 80 valence electrons. The van der Waals surface area contributed by atoms with Gasteiger partial charge in [0.25, 0.3) is 10.1 Å². The van der Waals surface area contributed by atoms with E-state index < -0.39 is 10.1 Å². The lowest BCUT2D eigenvalue weighted by Crippen LogP contribution is -2.06. The number of thiophene rings is 1. The van der Waals surface area contributed by atoms with E-state index in [0.717, 1.165) is 16.7 Å². The van der Waals surface area contributed by atoms with Crippen molar-refractivity contribution in [1.82, 2.24) is 0 Å². The maximum atomic E-state index is 10.7. The van der Waals surface area contributed by atoms with Crippen molar-refractivity contribution in [3.8, 4) is 0 Å². The Balaban J connectivity index is 2.46. The topological polar surface area (TPSA) is 43.4 Å². The number of hydrogen-bond acceptors (Lipinski definition) is 4. The molecule has 0 amide bonds. The highest BCUT2D eigenvalue weighted by Gasteiger charge is 2.05. The quantitative estimate of drug-likeness (QED) is 0.596. The van der Waals surface area contributed by atoms with Crippen molar-refractivity contribution >= 4 is 33.1 Å². The van der Waals surface area contributed by atoms with Gasteiger partial charge < -0.3 is 0 Å². The molecule has 0 fully saturated rings. The van der Waals surface area contributed by atoms with E-state index in [1.807, 2.05) is 11.4 Å².